The number of methoxy groups -OCH3 is 1. The molecule has 0 spiro atoms. The van der Waals surface area contributed by atoms with E-state index in [-0.39, 0.29) is 11.5 Å². The molecule has 0 N–H and O–H groups in total. The third-order valence-electron chi connectivity index (χ3n) is 5.15. The Hall–Kier alpha value is -3.02. The average molecular weight is 363 g/mol. The lowest BCUT2D eigenvalue weighted by Gasteiger charge is -2.20. The number of carbonyl (C=O) groups is 1. The minimum Gasteiger partial charge on any atom is -0.465 e. The number of ether oxygens (including phenoxy) is 1. The summed E-state index contributed by atoms with van der Waals surface area (Å²) in [5.41, 5.74) is 4.06. The highest BCUT2D eigenvalue weighted by Crippen LogP contribution is 2.25. The van der Waals surface area contributed by atoms with Gasteiger partial charge in [0.15, 0.2) is 5.65 Å². The summed E-state index contributed by atoms with van der Waals surface area (Å²) in [6, 6.07) is 8.99. The monoisotopic (exact) mass is 363 g/mol. The van der Waals surface area contributed by atoms with Gasteiger partial charge in [-0.05, 0) is 54.5 Å². The van der Waals surface area contributed by atoms with Crippen molar-refractivity contribution in [3.8, 4) is 0 Å². The number of fused-ring (bicyclic) bond motifs is 2. The molecule has 0 fully saturated rings. The molecule has 1 aliphatic rings. The van der Waals surface area contributed by atoms with E-state index in [0.717, 1.165) is 30.5 Å². The Morgan fingerprint density at radius 2 is 2.07 bits per heavy atom. The maximum atomic E-state index is 12.9. The summed E-state index contributed by atoms with van der Waals surface area (Å²) >= 11 is 0. The minimum atomic E-state index is -0.379. The summed E-state index contributed by atoms with van der Waals surface area (Å²) in [6.45, 7) is 2.61. The van der Waals surface area contributed by atoms with Crippen molar-refractivity contribution in [1.82, 2.24) is 14.5 Å². The van der Waals surface area contributed by atoms with E-state index in [2.05, 4.69) is 16.9 Å². The third-order valence-corrected chi connectivity index (χ3v) is 5.15. The fourth-order valence-corrected chi connectivity index (χ4v) is 3.60. The van der Waals surface area contributed by atoms with Gasteiger partial charge < -0.3 is 4.74 Å². The van der Waals surface area contributed by atoms with Gasteiger partial charge in [0.25, 0.3) is 5.56 Å². The van der Waals surface area contributed by atoms with Crippen LogP contribution in [0.2, 0.25) is 0 Å². The number of carbonyl (C=O) groups excluding carboxylic acids is 1. The first-order chi connectivity index (χ1) is 13.0. The van der Waals surface area contributed by atoms with Crippen molar-refractivity contribution in [2.45, 2.75) is 32.7 Å². The molecular weight excluding hydrogens is 342 g/mol. The summed E-state index contributed by atoms with van der Waals surface area (Å²) in [4.78, 5) is 33.5. The zero-order chi connectivity index (χ0) is 19.0. The van der Waals surface area contributed by atoms with Crippen molar-refractivity contribution in [1.29, 1.82) is 0 Å². The number of pyridine rings is 1. The lowest BCUT2D eigenvalue weighted by molar-refractivity contribution is 0.0600. The molecule has 0 saturated heterocycles. The van der Waals surface area contributed by atoms with Crippen LogP contribution in [0.25, 0.3) is 11.0 Å². The molecule has 2 heterocycles. The lowest BCUT2D eigenvalue weighted by atomic mass is 9.87. The molecule has 4 rings (SSSR count). The second-order valence-electron chi connectivity index (χ2n) is 7.18. The number of hydrogen-bond donors (Lipinski definition) is 0. The Balaban J connectivity index is 1.67. The lowest BCUT2D eigenvalue weighted by Crippen LogP contribution is -2.23. The highest BCUT2D eigenvalue weighted by molar-refractivity contribution is 5.89. The predicted octanol–water partition coefficient (Wildman–Crippen LogP) is 2.75. The van der Waals surface area contributed by atoms with Gasteiger partial charge in [-0.15, -0.1) is 0 Å². The Kier molecular flexibility index (Phi) is 4.48. The normalized spacial score (nSPS) is 16.1. The van der Waals surface area contributed by atoms with Crippen LogP contribution in [0, 0.1) is 5.92 Å². The number of rotatable bonds is 3. The first-order valence-electron chi connectivity index (χ1n) is 9.10. The average Bonchev–Trinajstić information content (AvgIpc) is 2.69. The van der Waals surface area contributed by atoms with Gasteiger partial charge in [0.05, 0.1) is 24.6 Å². The van der Waals surface area contributed by atoms with Crippen molar-refractivity contribution < 1.29 is 9.53 Å². The van der Waals surface area contributed by atoms with E-state index in [1.54, 1.807) is 23.0 Å². The molecular formula is C21H21N3O3. The molecule has 0 radical (unpaired) electrons. The molecule has 0 amide bonds. The summed E-state index contributed by atoms with van der Waals surface area (Å²) < 4.78 is 6.28. The van der Waals surface area contributed by atoms with Gasteiger partial charge >= 0.3 is 5.97 Å². The molecule has 1 atom stereocenters. The number of esters is 1. The smallest absolute Gasteiger partial charge is 0.337 e. The largest absolute Gasteiger partial charge is 0.465 e. The zero-order valence-electron chi connectivity index (χ0n) is 15.4. The van der Waals surface area contributed by atoms with Crippen molar-refractivity contribution >= 4 is 17.0 Å². The van der Waals surface area contributed by atoms with Crippen LogP contribution in [0.5, 0.6) is 0 Å². The first kappa shape index (κ1) is 17.4. The van der Waals surface area contributed by atoms with Gasteiger partial charge in [-0.2, -0.15) is 0 Å². The maximum Gasteiger partial charge on any atom is 0.337 e. The number of aryl methyl sites for hydroxylation is 1. The van der Waals surface area contributed by atoms with E-state index in [1.165, 1.54) is 12.7 Å². The Bertz CT molecular complexity index is 1070. The van der Waals surface area contributed by atoms with E-state index in [0.29, 0.717) is 29.1 Å². The first-order valence-corrected chi connectivity index (χ1v) is 9.10. The summed E-state index contributed by atoms with van der Waals surface area (Å²) in [5.74, 6) is 0.236. The van der Waals surface area contributed by atoms with Crippen LogP contribution in [0.1, 0.15) is 40.5 Å². The molecule has 0 aliphatic heterocycles. The Labute approximate surface area is 156 Å². The molecule has 138 valence electrons. The Morgan fingerprint density at radius 3 is 2.81 bits per heavy atom. The number of benzene rings is 1. The van der Waals surface area contributed by atoms with Gasteiger partial charge in [-0.3, -0.25) is 9.36 Å². The van der Waals surface area contributed by atoms with Crippen LogP contribution >= 0.6 is 0 Å². The highest BCUT2D eigenvalue weighted by Gasteiger charge is 2.18. The van der Waals surface area contributed by atoms with E-state index in [4.69, 9.17) is 4.74 Å². The van der Waals surface area contributed by atoms with Gasteiger partial charge in [0.2, 0.25) is 0 Å². The number of nitrogens with zero attached hydrogens (tertiary/aromatic N) is 3. The van der Waals surface area contributed by atoms with Crippen molar-refractivity contribution in [3.63, 3.8) is 0 Å². The van der Waals surface area contributed by atoms with Gasteiger partial charge in [0.1, 0.15) is 6.33 Å². The summed E-state index contributed by atoms with van der Waals surface area (Å²) in [5, 5.41) is 0.566. The van der Waals surface area contributed by atoms with Crippen molar-refractivity contribution in [2.75, 3.05) is 7.11 Å². The van der Waals surface area contributed by atoms with Crippen LogP contribution in [-0.4, -0.2) is 27.6 Å². The van der Waals surface area contributed by atoms with E-state index in [1.807, 2.05) is 18.2 Å². The van der Waals surface area contributed by atoms with Crippen LogP contribution in [-0.2, 0) is 24.1 Å². The van der Waals surface area contributed by atoms with Gasteiger partial charge in [-0.25, -0.2) is 14.8 Å². The molecule has 3 aromatic rings. The molecule has 1 unspecified atom stereocenters. The van der Waals surface area contributed by atoms with Crippen LogP contribution in [0.15, 0.2) is 41.5 Å². The van der Waals surface area contributed by atoms with Crippen LogP contribution in [0.3, 0.4) is 0 Å². The fraction of sp³-hybridized carbons (Fsp3) is 0.333. The maximum absolute atomic E-state index is 12.9. The molecule has 1 aliphatic carbocycles. The molecule has 0 saturated carbocycles. The Morgan fingerprint density at radius 1 is 1.30 bits per heavy atom. The quantitative estimate of drug-likeness (QED) is 0.669. The second-order valence-corrected chi connectivity index (χ2v) is 7.18. The number of aromatic nitrogens is 3. The molecule has 6 heteroatoms. The summed E-state index contributed by atoms with van der Waals surface area (Å²) in [6.07, 6.45) is 4.58. The zero-order valence-corrected chi connectivity index (χ0v) is 15.4. The van der Waals surface area contributed by atoms with E-state index >= 15 is 0 Å². The van der Waals surface area contributed by atoms with Crippen LogP contribution < -0.4 is 5.56 Å². The third kappa shape index (κ3) is 3.35. The van der Waals surface area contributed by atoms with Crippen molar-refractivity contribution in [3.05, 3.63) is 69.4 Å². The fourth-order valence-electron chi connectivity index (χ4n) is 3.60. The highest BCUT2D eigenvalue weighted by atomic mass is 16.5. The van der Waals surface area contributed by atoms with E-state index in [9.17, 15) is 9.59 Å². The molecule has 1 aromatic carbocycles. The van der Waals surface area contributed by atoms with Gasteiger partial charge in [-0.1, -0.05) is 19.1 Å². The standard InChI is InChI=1S/C21H21N3O3/c1-13-3-8-18-16(9-13)10-17-19(23-18)22-12-24(20(17)25)11-14-4-6-15(7-5-14)21(26)27-2/h4-7,10,12-13H,3,8-9,11H2,1-2H3. The topological polar surface area (TPSA) is 74.1 Å². The molecule has 2 aromatic heterocycles. The van der Waals surface area contributed by atoms with Crippen LogP contribution in [0.4, 0.5) is 0 Å². The van der Waals surface area contributed by atoms with Gasteiger partial charge in [0, 0.05) is 5.69 Å². The molecule has 6 nitrogen and oxygen atoms in total. The minimum absolute atomic E-state index is 0.0921. The van der Waals surface area contributed by atoms with Crippen molar-refractivity contribution in [2.24, 2.45) is 5.92 Å². The predicted molar refractivity (Wildman–Crippen MR) is 102 cm³/mol. The molecule has 0 bridgehead atoms. The molecule has 27 heavy (non-hydrogen) atoms. The number of hydrogen-bond acceptors (Lipinski definition) is 5. The summed E-state index contributed by atoms with van der Waals surface area (Å²) in [7, 11) is 1.35. The SMILES string of the molecule is COC(=O)c1ccc(Cn2cnc3nc4c(cc3c2=O)CC(C)CC4)cc1. The van der Waals surface area contributed by atoms with E-state index < -0.39 is 0 Å². The second kappa shape index (κ2) is 6.95.